The predicted molar refractivity (Wildman–Crippen MR) is 75.7 cm³/mol. The molecule has 2 heterocycles. The summed E-state index contributed by atoms with van der Waals surface area (Å²) >= 11 is 0. The molecule has 0 radical (unpaired) electrons. The van der Waals surface area contributed by atoms with Crippen LogP contribution in [0.5, 0.6) is 0 Å². The van der Waals surface area contributed by atoms with Crippen LogP contribution in [0.3, 0.4) is 0 Å². The maximum Gasteiger partial charge on any atom is 0.0947 e. The number of hydrogen-bond donors (Lipinski definition) is 1. The largest absolute Gasteiger partial charge is 0.472 e. The molecule has 2 rings (SSSR count). The average Bonchev–Trinajstić information content (AvgIpc) is 2.88. The number of furan rings is 1. The summed E-state index contributed by atoms with van der Waals surface area (Å²) in [5, 5.41) is 3.39. The first-order chi connectivity index (χ1) is 9.24. The normalized spacial score (nSPS) is 11.1. The molecule has 0 spiro atoms. The van der Waals surface area contributed by atoms with E-state index < -0.39 is 0 Å². The van der Waals surface area contributed by atoms with E-state index in [4.69, 9.17) is 4.42 Å². The number of nitrogens with one attached hydrogen (secondary N) is 1. The third-order valence-electron chi connectivity index (χ3n) is 2.96. The van der Waals surface area contributed by atoms with Gasteiger partial charge in [-0.15, -0.1) is 0 Å². The summed E-state index contributed by atoms with van der Waals surface area (Å²) in [7, 11) is 2.11. The lowest BCUT2D eigenvalue weighted by molar-refractivity contribution is 0.320. The Morgan fingerprint density at radius 1 is 1.32 bits per heavy atom. The number of hydrogen-bond acceptors (Lipinski definition) is 4. The van der Waals surface area contributed by atoms with Crippen molar-refractivity contribution in [3.63, 3.8) is 0 Å². The van der Waals surface area contributed by atoms with Gasteiger partial charge in [0, 0.05) is 37.4 Å². The van der Waals surface area contributed by atoms with E-state index in [1.165, 1.54) is 5.56 Å². The minimum absolute atomic E-state index is 0.854. The highest BCUT2D eigenvalue weighted by Gasteiger charge is 2.01. The second-order valence-corrected chi connectivity index (χ2v) is 4.82. The fourth-order valence-corrected chi connectivity index (χ4v) is 1.94. The van der Waals surface area contributed by atoms with Crippen molar-refractivity contribution in [2.24, 2.45) is 0 Å². The molecule has 0 aromatic carbocycles. The van der Waals surface area contributed by atoms with Crippen molar-refractivity contribution < 1.29 is 4.42 Å². The van der Waals surface area contributed by atoms with Gasteiger partial charge in [0.2, 0.25) is 0 Å². The number of aromatic nitrogens is 1. The zero-order chi connectivity index (χ0) is 13.5. The first-order valence-electron chi connectivity index (χ1n) is 6.57. The van der Waals surface area contributed by atoms with E-state index in [0.717, 1.165) is 37.6 Å². The Balaban J connectivity index is 1.65. The summed E-state index contributed by atoms with van der Waals surface area (Å²) in [4.78, 5) is 6.78. The van der Waals surface area contributed by atoms with Crippen LogP contribution in [-0.4, -0.2) is 30.0 Å². The maximum atomic E-state index is 5.02. The Kier molecular flexibility index (Phi) is 5.12. The third-order valence-corrected chi connectivity index (χ3v) is 2.96. The molecular formula is C15H21N3O. The number of likely N-dealkylation sites (N-methyl/N-ethyl adjacent to an activating group) is 1. The summed E-state index contributed by atoms with van der Waals surface area (Å²) < 4.78 is 5.02. The molecule has 0 saturated heterocycles. The number of aryl methyl sites for hydroxylation is 1. The van der Waals surface area contributed by atoms with Crippen molar-refractivity contribution >= 4 is 0 Å². The summed E-state index contributed by atoms with van der Waals surface area (Å²) in [5.74, 6) is 0. The van der Waals surface area contributed by atoms with Crippen molar-refractivity contribution in [1.82, 2.24) is 15.2 Å². The van der Waals surface area contributed by atoms with E-state index in [0.29, 0.717) is 0 Å². The Bertz CT molecular complexity index is 482. The molecule has 0 unspecified atom stereocenters. The fourth-order valence-electron chi connectivity index (χ4n) is 1.94. The summed E-state index contributed by atoms with van der Waals surface area (Å²) in [5.41, 5.74) is 3.38. The minimum atomic E-state index is 0.854. The average molecular weight is 259 g/mol. The zero-order valence-electron chi connectivity index (χ0n) is 11.6. The van der Waals surface area contributed by atoms with Crippen LogP contribution in [0.4, 0.5) is 0 Å². The van der Waals surface area contributed by atoms with Crippen LogP contribution in [-0.2, 0) is 13.1 Å². The molecule has 0 amide bonds. The number of nitrogens with zero attached hydrogens (tertiary/aromatic N) is 2. The monoisotopic (exact) mass is 259 g/mol. The van der Waals surface area contributed by atoms with Gasteiger partial charge < -0.3 is 9.73 Å². The molecular weight excluding hydrogens is 238 g/mol. The van der Waals surface area contributed by atoms with Gasteiger partial charge in [-0.2, -0.15) is 0 Å². The Hall–Kier alpha value is -1.65. The summed E-state index contributed by atoms with van der Waals surface area (Å²) in [6.07, 6.45) is 3.47. The van der Waals surface area contributed by atoms with Crippen LogP contribution in [0.2, 0.25) is 0 Å². The molecule has 0 aliphatic heterocycles. The lowest BCUT2D eigenvalue weighted by Crippen LogP contribution is -2.28. The highest BCUT2D eigenvalue weighted by Crippen LogP contribution is 2.01. The lowest BCUT2D eigenvalue weighted by Gasteiger charge is -2.16. The lowest BCUT2D eigenvalue weighted by atomic mass is 10.3. The standard InChI is InChI=1S/C15H21N3O/c1-13-4-3-5-15(17-13)11-18(2)8-7-16-10-14-6-9-19-12-14/h3-6,9,12,16H,7-8,10-11H2,1-2H3. The van der Waals surface area contributed by atoms with Crippen molar-refractivity contribution in [3.05, 3.63) is 53.7 Å². The zero-order valence-corrected chi connectivity index (χ0v) is 11.6. The van der Waals surface area contributed by atoms with Crippen LogP contribution < -0.4 is 5.32 Å². The molecule has 0 bridgehead atoms. The second kappa shape index (κ2) is 7.07. The second-order valence-electron chi connectivity index (χ2n) is 4.82. The topological polar surface area (TPSA) is 41.3 Å². The molecule has 0 saturated carbocycles. The van der Waals surface area contributed by atoms with E-state index in [1.807, 2.05) is 19.1 Å². The van der Waals surface area contributed by atoms with Gasteiger partial charge >= 0.3 is 0 Å². The van der Waals surface area contributed by atoms with E-state index in [2.05, 4.69) is 34.4 Å². The third kappa shape index (κ3) is 4.85. The van der Waals surface area contributed by atoms with Crippen LogP contribution in [0.15, 0.2) is 41.2 Å². The van der Waals surface area contributed by atoms with Gasteiger partial charge in [0.05, 0.1) is 18.2 Å². The van der Waals surface area contributed by atoms with Gasteiger partial charge in [0.15, 0.2) is 0 Å². The van der Waals surface area contributed by atoms with E-state index in [1.54, 1.807) is 12.5 Å². The fraction of sp³-hybridized carbons (Fsp3) is 0.400. The SMILES string of the molecule is Cc1cccc(CN(C)CCNCc2ccoc2)n1. The Morgan fingerprint density at radius 2 is 2.21 bits per heavy atom. The molecule has 2 aromatic heterocycles. The van der Waals surface area contributed by atoms with Gasteiger partial charge in [-0.1, -0.05) is 6.07 Å². The quantitative estimate of drug-likeness (QED) is 0.774. The molecule has 2 aromatic rings. The molecule has 0 aliphatic carbocycles. The molecule has 0 atom stereocenters. The molecule has 1 N–H and O–H groups in total. The first-order valence-corrected chi connectivity index (χ1v) is 6.57. The molecule has 19 heavy (non-hydrogen) atoms. The van der Waals surface area contributed by atoms with E-state index in [9.17, 15) is 0 Å². The van der Waals surface area contributed by atoms with E-state index >= 15 is 0 Å². The van der Waals surface area contributed by atoms with Gasteiger partial charge in [0.1, 0.15) is 0 Å². The van der Waals surface area contributed by atoms with Crippen molar-refractivity contribution in [1.29, 1.82) is 0 Å². The van der Waals surface area contributed by atoms with Crippen molar-refractivity contribution in [2.45, 2.75) is 20.0 Å². The molecule has 4 heteroatoms. The number of pyridine rings is 1. The molecule has 4 nitrogen and oxygen atoms in total. The van der Waals surface area contributed by atoms with Crippen LogP contribution >= 0.6 is 0 Å². The van der Waals surface area contributed by atoms with Gasteiger partial charge in [-0.25, -0.2) is 0 Å². The van der Waals surface area contributed by atoms with Crippen LogP contribution in [0.1, 0.15) is 17.0 Å². The summed E-state index contributed by atoms with van der Waals surface area (Å²) in [6.45, 7) is 5.71. The number of rotatable bonds is 7. The highest BCUT2D eigenvalue weighted by atomic mass is 16.3. The van der Waals surface area contributed by atoms with Gasteiger partial charge in [-0.3, -0.25) is 9.88 Å². The predicted octanol–water partition coefficient (Wildman–Crippen LogP) is 2.20. The maximum absolute atomic E-state index is 5.02. The minimum Gasteiger partial charge on any atom is -0.472 e. The molecule has 0 fully saturated rings. The highest BCUT2D eigenvalue weighted by molar-refractivity contribution is 5.09. The van der Waals surface area contributed by atoms with Crippen molar-refractivity contribution in [2.75, 3.05) is 20.1 Å². The van der Waals surface area contributed by atoms with Crippen molar-refractivity contribution in [3.8, 4) is 0 Å². The van der Waals surface area contributed by atoms with E-state index in [-0.39, 0.29) is 0 Å². The Labute approximate surface area is 114 Å². The van der Waals surface area contributed by atoms with Gasteiger partial charge in [-0.05, 0) is 32.2 Å². The molecule has 0 aliphatic rings. The Morgan fingerprint density at radius 3 is 2.95 bits per heavy atom. The van der Waals surface area contributed by atoms with Crippen LogP contribution in [0, 0.1) is 6.92 Å². The van der Waals surface area contributed by atoms with Gasteiger partial charge in [0.25, 0.3) is 0 Å². The molecule has 102 valence electrons. The first kappa shape index (κ1) is 13.8. The van der Waals surface area contributed by atoms with Crippen LogP contribution in [0.25, 0.3) is 0 Å². The summed E-state index contributed by atoms with van der Waals surface area (Å²) in [6, 6.07) is 8.13. The smallest absolute Gasteiger partial charge is 0.0947 e.